The molecule has 3 rings (SSSR count). The molecule has 28 heavy (non-hydrogen) atoms. The SMILES string of the molecule is O=C(COc1ccc(Cl)cc1)N/N=C\c1cccc(OCc2ccccc2)c1. The van der Waals surface area contributed by atoms with Gasteiger partial charge in [0.2, 0.25) is 0 Å². The fraction of sp³-hybridized carbons (Fsp3) is 0.0909. The second-order valence-corrected chi connectivity index (χ2v) is 6.32. The third-order valence-electron chi connectivity index (χ3n) is 3.69. The normalized spacial score (nSPS) is 10.6. The Balaban J connectivity index is 1.45. The molecule has 3 aromatic carbocycles. The van der Waals surface area contributed by atoms with E-state index in [2.05, 4.69) is 10.5 Å². The minimum atomic E-state index is -0.359. The smallest absolute Gasteiger partial charge is 0.277 e. The number of halogens is 1. The molecule has 142 valence electrons. The summed E-state index contributed by atoms with van der Waals surface area (Å²) >= 11 is 5.80. The minimum Gasteiger partial charge on any atom is -0.489 e. The Morgan fingerprint density at radius 1 is 0.929 bits per heavy atom. The van der Waals surface area contributed by atoms with Crippen LogP contribution in [0.3, 0.4) is 0 Å². The van der Waals surface area contributed by atoms with Crippen LogP contribution in [-0.2, 0) is 11.4 Å². The summed E-state index contributed by atoms with van der Waals surface area (Å²) in [5.41, 5.74) is 4.33. The van der Waals surface area contributed by atoms with Crippen molar-refractivity contribution in [3.05, 3.63) is 95.0 Å². The van der Waals surface area contributed by atoms with Crippen LogP contribution in [0.5, 0.6) is 11.5 Å². The van der Waals surface area contributed by atoms with E-state index in [1.165, 1.54) is 0 Å². The molecule has 1 amide bonds. The first-order valence-corrected chi connectivity index (χ1v) is 9.04. The van der Waals surface area contributed by atoms with Crippen molar-refractivity contribution < 1.29 is 14.3 Å². The van der Waals surface area contributed by atoms with Crippen LogP contribution in [0.1, 0.15) is 11.1 Å². The van der Waals surface area contributed by atoms with Gasteiger partial charge in [-0.3, -0.25) is 4.79 Å². The number of carbonyl (C=O) groups excluding carboxylic acids is 1. The quantitative estimate of drug-likeness (QED) is 0.453. The number of carbonyl (C=O) groups is 1. The average Bonchev–Trinajstić information content (AvgIpc) is 2.73. The molecule has 6 heteroatoms. The van der Waals surface area contributed by atoms with Crippen molar-refractivity contribution in [1.29, 1.82) is 0 Å². The summed E-state index contributed by atoms with van der Waals surface area (Å²) < 4.78 is 11.1. The first-order valence-electron chi connectivity index (χ1n) is 8.66. The van der Waals surface area contributed by atoms with Crippen LogP contribution in [-0.4, -0.2) is 18.7 Å². The van der Waals surface area contributed by atoms with Gasteiger partial charge < -0.3 is 9.47 Å². The van der Waals surface area contributed by atoms with E-state index >= 15 is 0 Å². The second-order valence-electron chi connectivity index (χ2n) is 5.88. The highest BCUT2D eigenvalue weighted by atomic mass is 35.5. The number of ether oxygens (including phenoxy) is 2. The van der Waals surface area contributed by atoms with Crippen LogP contribution < -0.4 is 14.9 Å². The predicted octanol–water partition coefficient (Wildman–Crippen LogP) is 4.45. The molecule has 0 saturated carbocycles. The molecule has 0 atom stereocenters. The standard InChI is InChI=1S/C22H19ClN2O3/c23-19-9-11-20(12-10-19)28-16-22(26)25-24-14-18-7-4-8-21(13-18)27-15-17-5-2-1-3-6-17/h1-14H,15-16H2,(H,25,26)/b24-14-. The summed E-state index contributed by atoms with van der Waals surface area (Å²) in [5.74, 6) is 0.930. The van der Waals surface area contributed by atoms with Gasteiger partial charge in [-0.25, -0.2) is 5.43 Å². The summed E-state index contributed by atoms with van der Waals surface area (Å²) in [6.07, 6.45) is 1.55. The van der Waals surface area contributed by atoms with E-state index in [1.807, 2.05) is 54.6 Å². The van der Waals surface area contributed by atoms with E-state index in [-0.39, 0.29) is 12.5 Å². The zero-order valence-corrected chi connectivity index (χ0v) is 15.8. The highest BCUT2D eigenvalue weighted by molar-refractivity contribution is 6.30. The molecular formula is C22H19ClN2O3. The van der Waals surface area contributed by atoms with Crippen LogP contribution in [0.15, 0.2) is 84.0 Å². The number of hydrazone groups is 1. The summed E-state index contributed by atoms with van der Waals surface area (Å²) in [4.78, 5) is 11.8. The number of nitrogens with zero attached hydrogens (tertiary/aromatic N) is 1. The lowest BCUT2D eigenvalue weighted by Crippen LogP contribution is -2.24. The molecule has 0 aliphatic heterocycles. The summed E-state index contributed by atoms with van der Waals surface area (Å²) in [5, 5.41) is 4.55. The molecule has 1 N–H and O–H groups in total. The Kier molecular flexibility index (Phi) is 7.04. The molecule has 0 unspecified atom stereocenters. The largest absolute Gasteiger partial charge is 0.489 e. The van der Waals surface area contributed by atoms with Crippen molar-refractivity contribution in [3.63, 3.8) is 0 Å². The van der Waals surface area contributed by atoms with Gasteiger partial charge in [0, 0.05) is 5.02 Å². The lowest BCUT2D eigenvalue weighted by molar-refractivity contribution is -0.123. The fourth-order valence-electron chi connectivity index (χ4n) is 2.32. The van der Waals surface area contributed by atoms with E-state index in [4.69, 9.17) is 21.1 Å². The Labute approximate surface area is 168 Å². The number of amides is 1. The molecule has 0 bridgehead atoms. The van der Waals surface area contributed by atoms with Crippen LogP contribution in [0.4, 0.5) is 0 Å². The van der Waals surface area contributed by atoms with Crippen molar-refractivity contribution in [2.45, 2.75) is 6.61 Å². The molecule has 0 aliphatic rings. The molecular weight excluding hydrogens is 376 g/mol. The third kappa shape index (κ3) is 6.45. The number of nitrogens with one attached hydrogen (secondary N) is 1. The Hall–Kier alpha value is -3.31. The van der Waals surface area contributed by atoms with E-state index in [0.717, 1.165) is 16.9 Å². The van der Waals surface area contributed by atoms with Crippen LogP contribution >= 0.6 is 11.6 Å². The first-order chi connectivity index (χ1) is 13.7. The van der Waals surface area contributed by atoms with Crippen LogP contribution in [0, 0.1) is 0 Å². The van der Waals surface area contributed by atoms with Gasteiger partial charge in [-0.05, 0) is 47.5 Å². The number of hydrogen-bond acceptors (Lipinski definition) is 4. The maximum absolute atomic E-state index is 11.8. The molecule has 3 aromatic rings. The van der Waals surface area contributed by atoms with Gasteiger partial charge in [0.1, 0.15) is 18.1 Å². The van der Waals surface area contributed by atoms with E-state index < -0.39 is 0 Å². The van der Waals surface area contributed by atoms with Crippen molar-refractivity contribution in [3.8, 4) is 11.5 Å². The van der Waals surface area contributed by atoms with Crippen molar-refractivity contribution in [2.24, 2.45) is 5.10 Å². The van der Waals surface area contributed by atoms with E-state index in [0.29, 0.717) is 17.4 Å². The molecule has 0 saturated heterocycles. The van der Waals surface area contributed by atoms with Crippen molar-refractivity contribution in [1.82, 2.24) is 5.43 Å². The highest BCUT2D eigenvalue weighted by Crippen LogP contribution is 2.15. The minimum absolute atomic E-state index is 0.140. The van der Waals surface area contributed by atoms with Gasteiger partial charge >= 0.3 is 0 Å². The average molecular weight is 395 g/mol. The van der Waals surface area contributed by atoms with Gasteiger partial charge in [0.15, 0.2) is 6.61 Å². The molecule has 0 aromatic heterocycles. The molecule has 0 radical (unpaired) electrons. The van der Waals surface area contributed by atoms with Gasteiger partial charge in [-0.2, -0.15) is 5.10 Å². The number of rotatable bonds is 8. The maximum atomic E-state index is 11.8. The molecule has 0 aliphatic carbocycles. The fourth-order valence-corrected chi connectivity index (χ4v) is 2.44. The lowest BCUT2D eigenvalue weighted by Gasteiger charge is -2.07. The van der Waals surface area contributed by atoms with E-state index in [9.17, 15) is 4.79 Å². The zero-order valence-electron chi connectivity index (χ0n) is 15.0. The zero-order chi connectivity index (χ0) is 19.6. The van der Waals surface area contributed by atoms with Crippen molar-refractivity contribution >= 4 is 23.7 Å². The molecule has 0 fully saturated rings. The van der Waals surface area contributed by atoms with Crippen LogP contribution in [0.25, 0.3) is 0 Å². The monoisotopic (exact) mass is 394 g/mol. The topological polar surface area (TPSA) is 59.9 Å². The van der Waals surface area contributed by atoms with Gasteiger partial charge in [-0.1, -0.05) is 54.1 Å². The summed E-state index contributed by atoms with van der Waals surface area (Å²) in [6, 6.07) is 24.2. The third-order valence-corrected chi connectivity index (χ3v) is 3.94. The Morgan fingerprint density at radius 2 is 1.71 bits per heavy atom. The van der Waals surface area contributed by atoms with Gasteiger partial charge in [-0.15, -0.1) is 0 Å². The van der Waals surface area contributed by atoms with Gasteiger partial charge in [0.05, 0.1) is 6.21 Å². The molecule has 0 heterocycles. The summed E-state index contributed by atoms with van der Waals surface area (Å²) in [7, 11) is 0. The van der Waals surface area contributed by atoms with E-state index in [1.54, 1.807) is 30.5 Å². The predicted molar refractivity (Wildman–Crippen MR) is 110 cm³/mol. The maximum Gasteiger partial charge on any atom is 0.277 e. The number of benzene rings is 3. The lowest BCUT2D eigenvalue weighted by atomic mass is 10.2. The highest BCUT2D eigenvalue weighted by Gasteiger charge is 2.02. The van der Waals surface area contributed by atoms with Crippen LogP contribution in [0.2, 0.25) is 5.02 Å². The van der Waals surface area contributed by atoms with Crippen molar-refractivity contribution in [2.75, 3.05) is 6.61 Å². The Bertz CT molecular complexity index is 928. The first kappa shape index (κ1) is 19.5. The Morgan fingerprint density at radius 3 is 2.50 bits per heavy atom. The molecule has 5 nitrogen and oxygen atoms in total. The second kappa shape index (κ2) is 10.1. The molecule has 0 spiro atoms. The van der Waals surface area contributed by atoms with Gasteiger partial charge in [0.25, 0.3) is 5.91 Å². The number of hydrogen-bond donors (Lipinski definition) is 1. The summed E-state index contributed by atoms with van der Waals surface area (Å²) in [6.45, 7) is 0.347.